The van der Waals surface area contributed by atoms with Crippen molar-refractivity contribution in [3.8, 4) is 0 Å². The van der Waals surface area contributed by atoms with Crippen molar-refractivity contribution in [1.29, 1.82) is 0 Å². The van der Waals surface area contributed by atoms with Crippen LogP contribution in [0.3, 0.4) is 0 Å². The van der Waals surface area contributed by atoms with E-state index >= 15 is 0 Å². The summed E-state index contributed by atoms with van der Waals surface area (Å²) in [5.41, 5.74) is 6.68. The lowest BCUT2D eigenvalue weighted by molar-refractivity contribution is -0.118. The van der Waals surface area contributed by atoms with Crippen molar-refractivity contribution in [2.75, 3.05) is 5.32 Å². The number of hydrogen-bond donors (Lipinski definition) is 2. The normalized spacial score (nSPS) is 11.9. The molecule has 2 rings (SSSR count). The van der Waals surface area contributed by atoms with Crippen LogP contribution in [-0.4, -0.2) is 5.91 Å². The monoisotopic (exact) mass is 278 g/mol. The maximum Gasteiger partial charge on any atom is 0.244 e. The maximum absolute atomic E-state index is 12.8. The van der Waals surface area contributed by atoms with Gasteiger partial charge in [0.25, 0.3) is 0 Å². The third kappa shape index (κ3) is 3.45. The SMILES string of the molecule is NC(=O)C(Nc1ccc(F)cc1)c1ccc(Cl)cc1. The van der Waals surface area contributed by atoms with Crippen molar-refractivity contribution in [1.82, 2.24) is 0 Å². The van der Waals surface area contributed by atoms with Crippen molar-refractivity contribution < 1.29 is 9.18 Å². The van der Waals surface area contributed by atoms with Gasteiger partial charge in [-0.15, -0.1) is 0 Å². The Kier molecular flexibility index (Phi) is 4.02. The predicted octanol–water partition coefficient (Wildman–Crippen LogP) is 3.12. The van der Waals surface area contributed by atoms with Gasteiger partial charge in [-0.3, -0.25) is 4.79 Å². The topological polar surface area (TPSA) is 55.1 Å². The number of nitrogens with two attached hydrogens (primary N) is 1. The summed E-state index contributed by atoms with van der Waals surface area (Å²) >= 11 is 5.80. The second-order valence-electron chi connectivity index (χ2n) is 4.04. The van der Waals surface area contributed by atoms with Crippen molar-refractivity contribution in [3.63, 3.8) is 0 Å². The number of primary amides is 1. The molecule has 0 aromatic heterocycles. The molecule has 0 spiro atoms. The third-order valence-electron chi connectivity index (χ3n) is 2.64. The number of rotatable bonds is 4. The third-order valence-corrected chi connectivity index (χ3v) is 2.90. The zero-order valence-electron chi connectivity index (χ0n) is 9.94. The fraction of sp³-hybridized carbons (Fsp3) is 0.0714. The molecule has 2 aromatic rings. The summed E-state index contributed by atoms with van der Waals surface area (Å²) in [7, 11) is 0. The zero-order chi connectivity index (χ0) is 13.8. The molecule has 0 saturated heterocycles. The number of amides is 1. The second kappa shape index (κ2) is 5.71. The van der Waals surface area contributed by atoms with E-state index in [1.165, 1.54) is 12.1 Å². The number of nitrogens with one attached hydrogen (secondary N) is 1. The molecule has 1 atom stereocenters. The summed E-state index contributed by atoms with van der Waals surface area (Å²) in [5.74, 6) is -0.862. The number of anilines is 1. The molecule has 5 heteroatoms. The average molecular weight is 279 g/mol. The summed E-state index contributed by atoms with van der Waals surface area (Å²) in [6.07, 6.45) is 0. The highest BCUT2D eigenvalue weighted by Gasteiger charge is 2.17. The van der Waals surface area contributed by atoms with E-state index in [-0.39, 0.29) is 5.82 Å². The van der Waals surface area contributed by atoms with E-state index < -0.39 is 11.9 Å². The Labute approximate surface area is 115 Å². The number of carbonyl (C=O) groups excluding carboxylic acids is 1. The molecule has 0 bridgehead atoms. The van der Waals surface area contributed by atoms with Gasteiger partial charge in [0.15, 0.2) is 0 Å². The van der Waals surface area contributed by atoms with Crippen LogP contribution in [0.5, 0.6) is 0 Å². The molecule has 3 N–H and O–H groups in total. The molecule has 0 heterocycles. The van der Waals surface area contributed by atoms with Crippen LogP contribution in [0.4, 0.5) is 10.1 Å². The molecule has 2 aromatic carbocycles. The molecule has 98 valence electrons. The van der Waals surface area contributed by atoms with E-state index in [1.807, 2.05) is 0 Å². The molecule has 3 nitrogen and oxygen atoms in total. The summed E-state index contributed by atoms with van der Waals surface area (Å²) in [6, 6.07) is 11.8. The summed E-state index contributed by atoms with van der Waals surface area (Å²) in [5, 5.41) is 3.53. The molecule has 1 amide bonds. The Morgan fingerprint density at radius 1 is 1.11 bits per heavy atom. The van der Waals surface area contributed by atoms with Crippen molar-refractivity contribution in [2.24, 2.45) is 5.73 Å². The smallest absolute Gasteiger partial charge is 0.244 e. The van der Waals surface area contributed by atoms with Gasteiger partial charge in [0.1, 0.15) is 11.9 Å². The maximum atomic E-state index is 12.8. The minimum Gasteiger partial charge on any atom is -0.370 e. The fourth-order valence-electron chi connectivity index (χ4n) is 1.69. The first kappa shape index (κ1) is 13.4. The predicted molar refractivity (Wildman–Crippen MR) is 73.4 cm³/mol. The summed E-state index contributed by atoms with van der Waals surface area (Å²) in [6.45, 7) is 0. The first-order chi connectivity index (χ1) is 9.06. The summed E-state index contributed by atoms with van der Waals surface area (Å²) < 4.78 is 12.8. The standard InChI is InChI=1S/C14H12ClFN2O/c15-10-3-1-9(2-4-10)13(14(17)19)18-12-7-5-11(16)6-8-12/h1-8,13,18H,(H2,17,19). The lowest BCUT2D eigenvalue weighted by Gasteiger charge is -2.17. The van der Waals surface area contributed by atoms with Crippen LogP contribution < -0.4 is 11.1 Å². The van der Waals surface area contributed by atoms with Crippen LogP contribution in [0.25, 0.3) is 0 Å². The molecule has 0 aliphatic carbocycles. The fourth-order valence-corrected chi connectivity index (χ4v) is 1.81. The minimum absolute atomic E-state index is 0.340. The average Bonchev–Trinajstić information content (AvgIpc) is 2.39. The van der Waals surface area contributed by atoms with Crippen molar-refractivity contribution in [3.05, 3.63) is 64.9 Å². The quantitative estimate of drug-likeness (QED) is 0.903. The van der Waals surface area contributed by atoms with E-state index in [1.54, 1.807) is 36.4 Å². The molecule has 19 heavy (non-hydrogen) atoms. The second-order valence-corrected chi connectivity index (χ2v) is 4.47. The molecular formula is C14H12ClFN2O. The zero-order valence-corrected chi connectivity index (χ0v) is 10.7. The van der Waals surface area contributed by atoms with Gasteiger partial charge in [-0.05, 0) is 42.0 Å². The van der Waals surface area contributed by atoms with Gasteiger partial charge < -0.3 is 11.1 Å². The van der Waals surface area contributed by atoms with Crippen LogP contribution in [0.2, 0.25) is 5.02 Å². The Hall–Kier alpha value is -2.07. The summed E-state index contributed by atoms with van der Waals surface area (Å²) in [4.78, 5) is 11.5. The van der Waals surface area contributed by atoms with E-state index in [9.17, 15) is 9.18 Å². The van der Waals surface area contributed by atoms with E-state index in [0.29, 0.717) is 16.3 Å². The number of hydrogen-bond acceptors (Lipinski definition) is 2. The Morgan fingerprint density at radius 2 is 1.68 bits per heavy atom. The van der Waals surface area contributed by atoms with Gasteiger partial charge in [0, 0.05) is 10.7 Å². The molecule has 1 unspecified atom stereocenters. The van der Waals surface area contributed by atoms with Crippen LogP contribution in [0, 0.1) is 5.82 Å². The highest BCUT2D eigenvalue weighted by atomic mass is 35.5. The molecule has 0 saturated carbocycles. The molecule has 0 radical (unpaired) electrons. The van der Waals surface area contributed by atoms with Gasteiger partial charge in [-0.2, -0.15) is 0 Å². The Morgan fingerprint density at radius 3 is 2.21 bits per heavy atom. The van der Waals surface area contributed by atoms with Gasteiger partial charge in [-0.25, -0.2) is 4.39 Å². The van der Waals surface area contributed by atoms with Gasteiger partial charge >= 0.3 is 0 Å². The highest BCUT2D eigenvalue weighted by molar-refractivity contribution is 6.30. The lowest BCUT2D eigenvalue weighted by Crippen LogP contribution is -2.27. The molecular weight excluding hydrogens is 267 g/mol. The van der Waals surface area contributed by atoms with Crippen LogP contribution in [-0.2, 0) is 4.79 Å². The Balaban J connectivity index is 2.23. The number of carbonyl (C=O) groups is 1. The van der Waals surface area contributed by atoms with Crippen LogP contribution in [0.1, 0.15) is 11.6 Å². The van der Waals surface area contributed by atoms with Crippen LogP contribution in [0.15, 0.2) is 48.5 Å². The molecule has 0 fully saturated rings. The number of halogens is 2. The first-order valence-electron chi connectivity index (χ1n) is 5.63. The van der Waals surface area contributed by atoms with E-state index in [0.717, 1.165) is 0 Å². The molecule has 0 aliphatic heterocycles. The number of benzene rings is 2. The van der Waals surface area contributed by atoms with Gasteiger partial charge in [-0.1, -0.05) is 23.7 Å². The van der Waals surface area contributed by atoms with E-state index in [2.05, 4.69) is 5.32 Å². The van der Waals surface area contributed by atoms with Gasteiger partial charge in [0.05, 0.1) is 0 Å². The first-order valence-corrected chi connectivity index (χ1v) is 6.01. The van der Waals surface area contributed by atoms with Crippen LogP contribution >= 0.6 is 11.6 Å². The highest BCUT2D eigenvalue weighted by Crippen LogP contribution is 2.21. The van der Waals surface area contributed by atoms with Gasteiger partial charge in [0.2, 0.25) is 5.91 Å². The largest absolute Gasteiger partial charge is 0.370 e. The van der Waals surface area contributed by atoms with E-state index in [4.69, 9.17) is 17.3 Å². The van der Waals surface area contributed by atoms with Crippen molar-refractivity contribution >= 4 is 23.2 Å². The Bertz CT molecular complexity index is 569. The van der Waals surface area contributed by atoms with Crippen molar-refractivity contribution in [2.45, 2.75) is 6.04 Å². The lowest BCUT2D eigenvalue weighted by atomic mass is 10.1. The molecule has 0 aliphatic rings. The minimum atomic E-state index is -0.692.